The minimum absolute atomic E-state index is 0.0867. The Hall–Kier alpha value is -3.16. The largest absolute Gasteiger partial charge is 0.327 e. The van der Waals surface area contributed by atoms with Gasteiger partial charge in [-0.15, -0.1) is 0 Å². The molecule has 4 heterocycles. The van der Waals surface area contributed by atoms with Crippen molar-refractivity contribution < 1.29 is 4.79 Å². The number of likely N-dealkylation sites (tertiary alicyclic amines) is 1. The summed E-state index contributed by atoms with van der Waals surface area (Å²) >= 11 is 0. The third kappa shape index (κ3) is 3.71. The lowest BCUT2D eigenvalue weighted by molar-refractivity contribution is 0.0593. The highest BCUT2D eigenvalue weighted by molar-refractivity contribution is 5.90. The van der Waals surface area contributed by atoms with Crippen LogP contribution in [0.3, 0.4) is 0 Å². The first-order valence-electron chi connectivity index (χ1n) is 11.0. The highest BCUT2D eigenvalue weighted by atomic mass is 16.2. The summed E-state index contributed by atoms with van der Waals surface area (Å²) in [5.41, 5.74) is 4.00. The van der Waals surface area contributed by atoms with Gasteiger partial charge in [0, 0.05) is 43.2 Å². The van der Waals surface area contributed by atoms with Gasteiger partial charge in [0.2, 0.25) is 5.82 Å². The molecule has 0 spiro atoms. The van der Waals surface area contributed by atoms with E-state index in [2.05, 4.69) is 34.8 Å². The lowest BCUT2D eigenvalue weighted by Gasteiger charge is -2.34. The summed E-state index contributed by atoms with van der Waals surface area (Å²) in [6, 6.07) is 4.00. The average molecular weight is 418 g/mol. The zero-order valence-corrected chi connectivity index (χ0v) is 17.8. The Morgan fingerprint density at radius 1 is 1.19 bits per heavy atom. The van der Waals surface area contributed by atoms with E-state index in [1.54, 1.807) is 18.5 Å². The Labute approximate surface area is 181 Å². The van der Waals surface area contributed by atoms with Crippen molar-refractivity contribution in [2.45, 2.75) is 63.5 Å². The van der Waals surface area contributed by atoms with Gasteiger partial charge in [0.25, 0.3) is 5.91 Å². The minimum atomic E-state index is -0.138. The SMILES string of the molecule is C=N[C@H]1CCC(c2nc3cc([C@@H]4CCCCN4C(=O)c4ncccn4)nn3cc2C)C1. The molecule has 1 unspecified atom stereocenters. The number of hydrogen-bond donors (Lipinski definition) is 0. The number of hydrogen-bond acceptors (Lipinski definition) is 6. The van der Waals surface area contributed by atoms with Crippen molar-refractivity contribution in [3.05, 3.63) is 53.5 Å². The number of rotatable bonds is 4. The van der Waals surface area contributed by atoms with Crippen molar-refractivity contribution >= 4 is 18.3 Å². The highest BCUT2D eigenvalue weighted by Crippen LogP contribution is 2.37. The standard InChI is InChI=1S/C23H27N7O/c1-15-14-30-20(27-21(15)16-7-8-17(12-16)24-2)13-18(28-30)19-6-3-4-11-29(19)23(31)22-25-9-5-10-26-22/h5,9-10,13-14,16-17,19H,2-4,6-8,11-12H2,1H3/t16?,17-,19-/m0/s1. The summed E-state index contributed by atoms with van der Waals surface area (Å²) in [6.07, 6.45) is 11.4. The van der Waals surface area contributed by atoms with Gasteiger partial charge in [-0.25, -0.2) is 19.5 Å². The second-order valence-electron chi connectivity index (χ2n) is 8.61. The second kappa shape index (κ2) is 8.17. The van der Waals surface area contributed by atoms with Gasteiger partial charge in [-0.1, -0.05) is 0 Å². The third-order valence-corrected chi connectivity index (χ3v) is 6.60. The molecule has 0 bridgehead atoms. The van der Waals surface area contributed by atoms with Crippen LogP contribution in [0.2, 0.25) is 0 Å². The molecule has 160 valence electrons. The van der Waals surface area contributed by atoms with Gasteiger partial charge in [-0.05, 0) is 63.8 Å². The molecule has 3 aromatic heterocycles. The summed E-state index contributed by atoms with van der Waals surface area (Å²) in [4.78, 5) is 32.5. The Balaban J connectivity index is 1.46. The fourth-order valence-electron chi connectivity index (χ4n) is 5.01. The first kappa shape index (κ1) is 19.8. The summed E-state index contributed by atoms with van der Waals surface area (Å²) in [5.74, 6) is 0.518. The number of aliphatic imine (C=N–C) groups is 1. The molecule has 3 aromatic rings. The molecule has 1 saturated carbocycles. The summed E-state index contributed by atoms with van der Waals surface area (Å²) in [5, 5.41) is 4.81. The van der Waals surface area contributed by atoms with Crippen LogP contribution in [0.5, 0.6) is 0 Å². The molecule has 31 heavy (non-hydrogen) atoms. The third-order valence-electron chi connectivity index (χ3n) is 6.60. The van der Waals surface area contributed by atoms with Crippen LogP contribution in [-0.2, 0) is 0 Å². The first-order chi connectivity index (χ1) is 15.1. The lowest BCUT2D eigenvalue weighted by Crippen LogP contribution is -2.39. The van der Waals surface area contributed by atoms with E-state index in [9.17, 15) is 4.79 Å². The van der Waals surface area contributed by atoms with E-state index in [1.807, 2.05) is 15.5 Å². The van der Waals surface area contributed by atoms with Gasteiger partial charge in [-0.2, -0.15) is 5.10 Å². The number of fused-ring (bicyclic) bond motifs is 1. The number of piperidine rings is 1. The number of carbonyl (C=O) groups excluding carboxylic acids is 1. The van der Waals surface area contributed by atoms with Gasteiger partial charge in [0.05, 0.1) is 17.4 Å². The van der Waals surface area contributed by atoms with E-state index in [1.165, 1.54) is 0 Å². The van der Waals surface area contributed by atoms with Crippen molar-refractivity contribution in [1.29, 1.82) is 0 Å². The molecule has 0 radical (unpaired) electrons. The van der Waals surface area contributed by atoms with E-state index < -0.39 is 0 Å². The molecule has 1 saturated heterocycles. The van der Waals surface area contributed by atoms with E-state index in [4.69, 9.17) is 10.1 Å². The maximum atomic E-state index is 13.1. The van der Waals surface area contributed by atoms with Crippen LogP contribution in [0.1, 0.15) is 78.1 Å². The Bertz CT molecular complexity index is 1110. The molecule has 0 N–H and O–H groups in total. The quantitative estimate of drug-likeness (QED) is 0.606. The number of carbonyl (C=O) groups is 1. The lowest BCUT2D eigenvalue weighted by atomic mass is 9.99. The molecule has 1 amide bonds. The summed E-state index contributed by atoms with van der Waals surface area (Å²) in [6.45, 7) is 6.50. The summed E-state index contributed by atoms with van der Waals surface area (Å²) < 4.78 is 1.85. The number of nitrogens with zero attached hydrogens (tertiary/aromatic N) is 7. The van der Waals surface area contributed by atoms with Crippen LogP contribution in [0.25, 0.3) is 5.65 Å². The monoisotopic (exact) mass is 417 g/mol. The smallest absolute Gasteiger partial charge is 0.292 e. The topological polar surface area (TPSA) is 88.6 Å². The zero-order chi connectivity index (χ0) is 21.4. The fourth-order valence-corrected chi connectivity index (χ4v) is 5.01. The van der Waals surface area contributed by atoms with E-state index in [0.29, 0.717) is 18.5 Å². The predicted octanol–water partition coefficient (Wildman–Crippen LogP) is 3.53. The number of aryl methyl sites for hydroxylation is 1. The Morgan fingerprint density at radius 2 is 2.03 bits per heavy atom. The van der Waals surface area contributed by atoms with Crippen molar-refractivity contribution in [2.24, 2.45) is 4.99 Å². The van der Waals surface area contributed by atoms with Crippen molar-refractivity contribution in [3.8, 4) is 0 Å². The molecule has 1 aliphatic carbocycles. The van der Waals surface area contributed by atoms with Crippen molar-refractivity contribution in [1.82, 2.24) is 29.5 Å². The summed E-state index contributed by atoms with van der Waals surface area (Å²) in [7, 11) is 0. The van der Waals surface area contributed by atoms with E-state index in [-0.39, 0.29) is 17.8 Å². The van der Waals surface area contributed by atoms with Crippen LogP contribution in [0, 0.1) is 6.92 Å². The molecular weight excluding hydrogens is 390 g/mol. The van der Waals surface area contributed by atoms with Gasteiger partial charge >= 0.3 is 0 Å². The van der Waals surface area contributed by atoms with Crippen molar-refractivity contribution in [2.75, 3.05) is 6.54 Å². The van der Waals surface area contributed by atoms with Crippen LogP contribution < -0.4 is 0 Å². The normalized spacial score (nSPS) is 23.9. The fraction of sp³-hybridized carbons (Fsp3) is 0.478. The molecule has 2 aliphatic rings. The van der Waals surface area contributed by atoms with Crippen LogP contribution in [0.4, 0.5) is 0 Å². The molecule has 8 heteroatoms. The zero-order valence-electron chi connectivity index (χ0n) is 17.8. The molecule has 8 nitrogen and oxygen atoms in total. The molecular formula is C23H27N7O. The van der Waals surface area contributed by atoms with Crippen molar-refractivity contribution in [3.63, 3.8) is 0 Å². The predicted molar refractivity (Wildman–Crippen MR) is 117 cm³/mol. The maximum Gasteiger partial charge on any atom is 0.292 e. The first-order valence-corrected chi connectivity index (χ1v) is 11.0. The average Bonchev–Trinajstić information content (AvgIpc) is 3.45. The molecule has 0 aromatic carbocycles. The second-order valence-corrected chi connectivity index (χ2v) is 8.61. The van der Waals surface area contributed by atoms with E-state index >= 15 is 0 Å². The van der Waals surface area contributed by atoms with Crippen LogP contribution >= 0.6 is 0 Å². The van der Waals surface area contributed by atoms with Crippen LogP contribution in [0.15, 0.2) is 35.7 Å². The molecule has 2 fully saturated rings. The molecule has 5 rings (SSSR count). The molecule has 1 aliphatic heterocycles. The number of amides is 1. The maximum absolute atomic E-state index is 13.1. The van der Waals surface area contributed by atoms with Crippen LogP contribution in [-0.4, -0.2) is 54.7 Å². The van der Waals surface area contributed by atoms with Gasteiger partial charge < -0.3 is 4.90 Å². The Morgan fingerprint density at radius 3 is 2.81 bits per heavy atom. The van der Waals surface area contributed by atoms with Gasteiger partial charge in [0.1, 0.15) is 0 Å². The number of aromatic nitrogens is 5. The van der Waals surface area contributed by atoms with E-state index in [0.717, 1.165) is 61.1 Å². The minimum Gasteiger partial charge on any atom is -0.327 e. The molecule has 3 atom stereocenters. The Kier molecular flexibility index (Phi) is 5.21. The van der Waals surface area contributed by atoms with Gasteiger partial charge in [-0.3, -0.25) is 9.79 Å². The highest BCUT2D eigenvalue weighted by Gasteiger charge is 2.32. The van der Waals surface area contributed by atoms with Gasteiger partial charge in [0.15, 0.2) is 5.65 Å².